The molecule has 2 saturated heterocycles. The molecular formula is C41H36F9NO3. The van der Waals surface area contributed by atoms with Gasteiger partial charge in [-0.1, -0.05) is 24.3 Å². The lowest BCUT2D eigenvalue weighted by Gasteiger charge is -2.29. The average Bonchev–Trinajstić information content (AvgIpc) is 3.64. The van der Waals surface area contributed by atoms with E-state index in [9.17, 15) is 49.1 Å². The Labute approximate surface area is 305 Å². The third-order valence-electron chi connectivity index (χ3n) is 10.1. The van der Waals surface area contributed by atoms with E-state index in [2.05, 4.69) is 0 Å². The summed E-state index contributed by atoms with van der Waals surface area (Å²) in [6.07, 6.45) is -15.0. The molecule has 13 heteroatoms. The highest BCUT2D eigenvalue weighted by Gasteiger charge is 2.50. The van der Waals surface area contributed by atoms with Gasteiger partial charge in [-0.3, -0.25) is 4.79 Å². The minimum Gasteiger partial charge on any atom is -0.456 e. The van der Waals surface area contributed by atoms with Crippen molar-refractivity contribution in [2.24, 2.45) is 0 Å². The number of halogens is 9. The number of rotatable bonds is 5. The molecule has 0 radical (unpaired) electrons. The Morgan fingerprint density at radius 2 is 1.28 bits per heavy atom. The van der Waals surface area contributed by atoms with E-state index in [1.165, 1.54) is 11.0 Å². The highest BCUT2D eigenvalue weighted by molar-refractivity contribution is 5.91. The van der Waals surface area contributed by atoms with Gasteiger partial charge in [0.2, 0.25) is 5.91 Å². The van der Waals surface area contributed by atoms with E-state index in [1.807, 2.05) is 13.0 Å². The van der Waals surface area contributed by atoms with Gasteiger partial charge in [0.25, 0.3) is 0 Å². The van der Waals surface area contributed by atoms with E-state index in [0.29, 0.717) is 39.9 Å². The molecule has 4 nitrogen and oxygen atoms in total. The molecule has 4 aromatic rings. The predicted octanol–water partition coefficient (Wildman–Crippen LogP) is 11.9. The predicted molar refractivity (Wildman–Crippen MR) is 183 cm³/mol. The number of hydrogen-bond acceptors (Lipinski definition) is 3. The maximum absolute atomic E-state index is 14.2. The number of amides is 1. The number of aryl methyl sites for hydroxylation is 2. The fraction of sp³-hybridized carbons (Fsp3) is 0.366. The molecule has 2 fully saturated rings. The van der Waals surface area contributed by atoms with E-state index in [4.69, 9.17) is 4.74 Å². The first-order chi connectivity index (χ1) is 24.9. The van der Waals surface area contributed by atoms with Gasteiger partial charge in [-0.2, -0.15) is 39.5 Å². The fourth-order valence-corrected chi connectivity index (χ4v) is 7.65. The topological polar surface area (TPSA) is 46.6 Å². The zero-order valence-electron chi connectivity index (χ0n) is 29.9. The summed E-state index contributed by atoms with van der Waals surface area (Å²) < 4.78 is 130. The van der Waals surface area contributed by atoms with Crippen molar-refractivity contribution < 1.29 is 53.8 Å². The molecule has 4 aromatic carbocycles. The number of nitrogens with zero attached hydrogens (tertiary/aromatic N) is 1. The number of ether oxygens (including phenoxy) is 1. The van der Waals surface area contributed by atoms with Crippen molar-refractivity contribution in [3.05, 3.63) is 117 Å². The zero-order valence-corrected chi connectivity index (χ0v) is 29.9. The van der Waals surface area contributed by atoms with Crippen LogP contribution in [0.15, 0.2) is 72.8 Å². The van der Waals surface area contributed by atoms with E-state index in [1.54, 1.807) is 58.0 Å². The van der Waals surface area contributed by atoms with Crippen molar-refractivity contribution in [1.29, 1.82) is 0 Å². The summed E-state index contributed by atoms with van der Waals surface area (Å²) in [5.41, 5.74) is -0.648. The van der Waals surface area contributed by atoms with Crippen molar-refractivity contribution in [2.45, 2.75) is 96.0 Å². The van der Waals surface area contributed by atoms with Crippen molar-refractivity contribution in [3.8, 4) is 22.3 Å². The van der Waals surface area contributed by atoms with Gasteiger partial charge in [0, 0.05) is 18.4 Å². The number of carbonyl (C=O) groups excluding carboxylic acids is 2. The van der Waals surface area contributed by atoms with Gasteiger partial charge in [-0.05, 0) is 140 Å². The smallest absolute Gasteiger partial charge is 0.416 e. The number of fused-ring (bicyclic) bond motifs is 1. The van der Waals surface area contributed by atoms with Crippen LogP contribution in [0.4, 0.5) is 39.5 Å². The molecule has 0 aliphatic carbocycles. The van der Waals surface area contributed by atoms with Gasteiger partial charge in [-0.15, -0.1) is 0 Å². The molecule has 1 amide bonds. The molecule has 0 spiro atoms. The molecule has 0 aromatic heterocycles. The number of carbonyl (C=O) groups is 2. The Morgan fingerprint density at radius 1 is 0.667 bits per heavy atom. The average molecular weight is 762 g/mol. The number of benzene rings is 4. The van der Waals surface area contributed by atoms with Crippen molar-refractivity contribution >= 4 is 11.9 Å². The quantitative estimate of drug-likeness (QED) is 0.150. The molecule has 54 heavy (non-hydrogen) atoms. The molecule has 0 N–H and O–H groups in total. The molecule has 0 unspecified atom stereocenters. The molecular weight excluding hydrogens is 725 g/mol. The summed E-state index contributed by atoms with van der Waals surface area (Å²) in [6.45, 7) is 8.84. The maximum atomic E-state index is 14.2. The van der Waals surface area contributed by atoms with Crippen LogP contribution in [0.3, 0.4) is 0 Å². The van der Waals surface area contributed by atoms with Crippen LogP contribution in [0.1, 0.15) is 101 Å². The Hall–Kier alpha value is -4.81. The van der Waals surface area contributed by atoms with Gasteiger partial charge >= 0.3 is 24.5 Å². The Morgan fingerprint density at radius 3 is 1.85 bits per heavy atom. The summed E-state index contributed by atoms with van der Waals surface area (Å²) in [5, 5.41) is 0. The van der Waals surface area contributed by atoms with Crippen LogP contribution < -0.4 is 0 Å². The summed E-state index contributed by atoms with van der Waals surface area (Å²) in [6, 6.07) is 13.2. The van der Waals surface area contributed by atoms with Gasteiger partial charge in [0.1, 0.15) is 5.60 Å². The van der Waals surface area contributed by atoms with E-state index in [0.717, 1.165) is 23.3 Å². The maximum Gasteiger partial charge on any atom is 0.416 e. The molecule has 2 heterocycles. The number of alkyl halides is 9. The lowest BCUT2D eigenvalue weighted by molar-refractivity contribution is -0.143. The van der Waals surface area contributed by atoms with Crippen LogP contribution in [0.25, 0.3) is 22.3 Å². The Bertz CT molecular complexity index is 2090. The lowest BCUT2D eigenvalue weighted by atomic mass is 9.86. The third kappa shape index (κ3) is 7.72. The van der Waals surface area contributed by atoms with Crippen LogP contribution in [-0.2, 0) is 28.1 Å². The van der Waals surface area contributed by atoms with E-state index < -0.39 is 77.1 Å². The standard InChI is InChI=1S/C41H36F9NO3/c1-21-6-7-23(29-10-8-24(14-22(29)2)37(53)54-38(3,4)5)17-31(21)30-11-9-26(39(42,43)44)19-33(30)35-13-12-34-32(20-36(52)51(34)35)25-15-27(40(45,46)47)18-28(16-25)41(48,49)50/h6-11,14-19,32,34-35H,12-13,20H2,1-5H3/t32-,34+,35+/m1/s1. The number of esters is 1. The SMILES string of the molecule is Cc1cc(C(=O)OC(C)(C)C)ccc1-c1ccc(C)c(-c2ccc(C(F)(F)F)cc2[C@@H]2CC[C@H]3[C@@H](c4cc(C(F)(F)F)cc(C(F)(F)F)c4)CC(=O)N23)c1. The van der Waals surface area contributed by atoms with Crippen molar-refractivity contribution in [1.82, 2.24) is 4.90 Å². The highest BCUT2D eigenvalue weighted by Crippen LogP contribution is 2.52. The van der Waals surface area contributed by atoms with E-state index >= 15 is 0 Å². The fourth-order valence-electron chi connectivity index (χ4n) is 7.65. The number of hydrogen-bond donors (Lipinski definition) is 0. The van der Waals surface area contributed by atoms with Crippen LogP contribution in [-0.4, -0.2) is 28.4 Å². The first kappa shape index (κ1) is 38.9. The molecule has 2 aliphatic rings. The first-order valence-corrected chi connectivity index (χ1v) is 17.2. The molecule has 6 rings (SSSR count). The third-order valence-corrected chi connectivity index (χ3v) is 10.1. The van der Waals surface area contributed by atoms with Crippen LogP contribution in [0, 0.1) is 13.8 Å². The molecule has 2 aliphatic heterocycles. The first-order valence-electron chi connectivity index (χ1n) is 17.2. The normalized spacial score (nSPS) is 19.3. The van der Waals surface area contributed by atoms with Crippen LogP contribution in [0.2, 0.25) is 0 Å². The molecule has 0 saturated carbocycles. The van der Waals surface area contributed by atoms with E-state index in [-0.39, 0.29) is 30.0 Å². The molecule has 286 valence electrons. The van der Waals surface area contributed by atoms with Gasteiger partial charge in [-0.25, -0.2) is 4.79 Å². The minimum absolute atomic E-state index is 0.0255. The Balaban J connectivity index is 1.41. The van der Waals surface area contributed by atoms with Gasteiger partial charge in [0.05, 0.1) is 28.3 Å². The monoisotopic (exact) mass is 761 g/mol. The lowest BCUT2D eigenvalue weighted by Crippen LogP contribution is -2.31. The minimum atomic E-state index is -5.09. The second-order valence-corrected chi connectivity index (χ2v) is 15.0. The van der Waals surface area contributed by atoms with Crippen molar-refractivity contribution in [2.75, 3.05) is 0 Å². The summed E-state index contributed by atoms with van der Waals surface area (Å²) in [7, 11) is 0. The van der Waals surface area contributed by atoms with Crippen LogP contribution >= 0.6 is 0 Å². The van der Waals surface area contributed by atoms with Crippen molar-refractivity contribution in [3.63, 3.8) is 0 Å². The van der Waals surface area contributed by atoms with Gasteiger partial charge < -0.3 is 9.64 Å². The Kier molecular flexibility index (Phi) is 9.72. The van der Waals surface area contributed by atoms with Crippen LogP contribution in [0.5, 0.6) is 0 Å². The zero-order chi connectivity index (χ0) is 39.7. The molecule has 0 bridgehead atoms. The summed E-state index contributed by atoms with van der Waals surface area (Å²) in [5.74, 6) is -2.12. The largest absolute Gasteiger partial charge is 0.456 e. The summed E-state index contributed by atoms with van der Waals surface area (Å²) >= 11 is 0. The highest BCUT2D eigenvalue weighted by atomic mass is 19.4. The van der Waals surface area contributed by atoms with Gasteiger partial charge in [0.15, 0.2) is 0 Å². The second kappa shape index (κ2) is 13.5. The molecule has 3 atom stereocenters. The summed E-state index contributed by atoms with van der Waals surface area (Å²) in [4.78, 5) is 27.7. The second-order valence-electron chi connectivity index (χ2n) is 15.0.